The van der Waals surface area contributed by atoms with Crippen LogP contribution >= 0.6 is 23.1 Å². The second kappa shape index (κ2) is 8.52. The molecule has 1 amide bonds. The third-order valence-electron chi connectivity index (χ3n) is 4.43. The van der Waals surface area contributed by atoms with Gasteiger partial charge in [0, 0.05) is 10.4 Å². The molecule has 26 heavy (non-hydrogen) atoms. The van der Waals surface area contributed by atoms with Crippen LogP contribution in [0.3, 0.4) is 0 Å². The second-order valence-electron chi connectivity index (χ2n) is 6.45. The van der Waals surface area contributed by atoms with Gasteiger partial charge in [-0.25, -0.2) is 0 Å². The fraction of sp³-hybridized carbons (Fsp3) is 0.350. The van der Waals surface area contributed by atoms with Crippen molar-refractivity contribution < 1.29 is 9.59 Å². The number of carbonyl (C=O) groups excluding carboxylic acids is 2. The van der Waals surface area contributed by atoms with E-state index in [2.05, 4.69) is 12.2 Å². The number of ketones is 1. The van der Waals surface area contributed by atoms with Gasteiger partial charge in [-0.2, -0.15) is 5.26 Å². The summed E-state index contributed by atoms with van der Waals surface area (Å²) in [5, 5.41) is 12.2. The van der Waals surface area contributed by atoms with Crippen LogP contribution in [0.1, 0.15) is 39.7 Å². The summed E-state index contributed by atoms with van der Waals surface area (Å²) in [5.74, 6) is 0.889. The van der Waals surface area contributed by atoms with Crippen molar-refractivity contribution in [3.05, 3.63) is 51.9 Å². The Kier molecular flexibility index (Phi) is 6.12. The Bertz CT molecular complexity index is 853. The summed E-state index contributed by atoms with van der Waals surface area (Å²) >= 11 is 2.80. The van der Waals surface area contributed by atoms with E-state index in [9.17, 15) is 9.59 Å². The van der Waals surface area contributed by atoms with Crippen molar-refractivity contribution >= 4 is 39.8 Å². The standard InChI is InChI=1S/C20H20N2O2S2/c1-13-7-8-15-16(11-13)26-20(22-17(23)12-25-10-9-21)18(15)19(24)14-5-3-2-4-6-14/h2-6,13H,7-8,10-12H2,1H3,(H,22,23). The zero-order valence-electron chi connectivity index (χ0n) is 14.6. The molecule has 1 aliphatic carbocycles. The number of amides is 1. The van der Waals surface area contributed by atoms with E-state index in [1.807, 2.05) is 36.4 Å². The summed E-state index contributed by atoms with van der Waals surface area (Å²) in [4.78, 5) is 26.6. The highest BCUT2D eigenvalue weighted by molar-refractivity contribution is 8.00. The maximum absolute atomic E-state index is 13.1. The maximum Gasteiger partial charge on any atom is 0.235 e. The Morgan fingerprint density at radius 3 is 2.85 bits per heavy atom. The zero-order valence-corrected chi connectivity index (χ0v) is 16.2. The number of thioether (sulfide) groups is 1. The van der Waals surface area contributed by atoms with Gasteiger partial charge in [0.1, 0.15) is 5.00 Å². The van der Waals surface area contributed by atoms with Gasteiger partial charge in [0.05, 0.1) is 23.1 Å². The van der Waals surface area contributed by atoms with Gasteiger partial charge in [-0.15, -0.1) is 23.1 Å². The Morgan fingerprint density at radius 1 is 1.35 bits per heavy atom. The van der Waals surface area contributed by atoms with E-state index in [-0.39, 0.29) is 23.2 Å². The van der Waals surface area contributed by atoms with E-state index < -0.39 is 0 Å². The van der Waals surface area contributed by atoms with E-state index in [0.717, 1.165) is 24.8 Å². The zero-order chi connectivity index (χ0) is 18.5. The summed E-state index contributed by atoms with van der Waals surface area (Å²) in [7, 11) is 0. The Hall–Kier alpha value is -2.10. The molecule has 1 unspecified atom stereocenters. The minimum Gasteiger partial charge on any atom is -0.316 e. The van der Waals surface area contributed by atoms with Gasteiger partial charge < -0.3 is 5.32 Å². The van der Waals surface area contributed by atoms with Crippen molar-refractivity contribution in [2.24, 2.45) is 5.92 Å². The van der Waals surface area contributed by atoms with Gasteiger partial charge in [0.15, 0.2) is 5.78 Å². The molecule has 0 fully saturated rings. The second-order valence-corrected chi connectivity index (χ2v) is 8.54. The number of anilines is 1. The molecule has 1 N–H and O–H groups in total. The van der Waals surface area contributed by atoms with E-state index in [1.165, 1.54) is 28.0 Å². The van der Waals surface area contributed by atoms with Gasteiger partial charge in [-0.1, -0.05) is 37.3 Å². The minimum atomic E-state index is -0.168. The molecule has 1 aliphatic rings. The molecule has 1 aromatic carbocycles. The summed E-state index contributed by atoms with van der Waals surface area (Å²) in [5.41, 5.74) is 2.39. The lowest BCUT2D eigenvalue weighted by molar-refractivity contribution is -0.113. The number of fused-ring (bicyclic) bond motifs is 1. The van der Waals surface area contributed by atoms with Crippen LogP contribution in [0.25, 0.3) is 0 Å². The SMILES string of the molecule is CC1CCc2c(sc(NC(=O)CSCC#N)c2C(=O)c2ccccc2)C1. The molecule has 134 valence electrons. The molecule has 0 radical (unpaired) electrons. The van der Waals surface area contributed by atoms with Crippen LogP contribution in [0.2, 0.25) is 0 Å². The predicted molar refractivity (Wildman–Crippen MR) is 107 cm³/mol. The molecule has 1 atom stereocenters. The van der Waals surface area contributed by atoms with Crippen molar-refractivity contribution in [3.8, 4) is 6.07 Å². The summed E-state index contributed by atoms with van der Waals surface area (Å²) in [6.45, 7) is 2.22. The monoisotopic (exact) mass is 384 g/mol. The molecule has 4 nitrogen and oxygen atoms in total. The summed E-state index contributed by atoms with van der Waals surface area (Å²) in [6, 6.07) is 11.2. The highest BCUT2D eigenvalue weighted by atomic mass is 32.2. The van der Waals surface area contributed by atoms with Crippen LogP contribution in [-0.2, 0) is 17.6 Å². The number of benzene rings is 1. The first-order valence-corrected chi connectivity index (χ1v) is 10.6. The molecule has 3 rings (SSSR count). The van der Waals surface area contributed by atoms with Crippen LogP contribution in [0.5, 0.6) is 0 Å². The molecule has 1 aromatic heterocycles. The lowest BCUT2D eigenvalue weighted by Gasteiger charge is -2.18. The topological polar surface area (TPSA) is 70.0 Å². The smallest absolute Gasteiger partial charge is 0.235 e. The first kappa shape index (κ1) is 18.7. The van der Waals surface area contributed by atoms with Crippen molar-refractivity contribution in [1.29, 1.82) is 5.26 Å². The molecule has 0 aliphatic heterocycles. The number of nitrogens with one attached hydrogen (secondary N) is 1. The fourth-order valence-electron chi connectivity index (χ4n) is 3.16. The number of nitrogens with zero attached hydrogens (tertiary/aromatic N) is 1. The number of hydrogen-bond donors (Lipinski definition) is 1. The van der Waals surface area contributed by atoms with Gasteiger partial charge >= 0.3 is 0 Å². The lowest BCUT2D eigenvalue weighted by atomic mass is 9.86. The number of nitriles is 1. The molecule has 6 heteroatoms. The number of hydrogen-bond acceptors (Lipinski definition) is 5. The van der Waals surface area contributed by atoms with Crippen LogP contribution in [-0.4, -0.2) is 23.2 Å². The molecule has 2 aromatic rings. The van der Waals surface area contributed by atoms with Gasteiger partial charge in [0.2, 0.25) is 5.91 Å². The molecule has 0 bridgehead atoms. The molecule has 1 heterocycles. The number of rotatable bonds is 6. The fourth-order valence-corrected chi connectivity index (χ4v) is 5.04. The first-order chi connectivity index (χ1) is 12.6. The van der Waals surface area contributed by atoms with Crippen molar-refractivity contribution in [1.82, 2.24) is 0 Å². The van der Waals surface area contributed by atoms with Crippen LogP contribution in [0.15, 0.2) is 30.3 Å². The van der Waals surface area contributed by atoms with Crippen molar-refractivity contribution in [2.45, 2.75) is 26.2 Å². The van der Waals surface area contributed by atoms with Gasteiger partial charge in [0.25, 0.3) is 0 Å². The Morgan fingerprint density at radius 2 is 2.12 bits per heavy atom. The molecular weight excluding hydrogens is 364 g/mol. The Labute approximate surface area is 161 Å². The van der Waals surface area contributed by atoms with Crippen molar-refractivity contribution in [2.75, 3.05) is 16.8 Å². The van der Waals surface area contributed by atoms with E-state index in [0.29, 0.717) is 22.0 Å². The molecule has 0 spiro atoms. The third-order valence-corrected chi connectivity index (χ3v) is 6.40. The number of carbonyl (C=O) groups is 2. The van der Waals surface area contributed by atoms with E-state index >= 15 is 0 Å². The van der Waals surface area contributed by atoms with Gasteiger partial charge in [-0.05, 0) is 30.7 Å². The normalized spacial score (nSPS) is 15.8. The highest BCUT2D eigenvalue weighted by Crippen LogP contribution is 2.40. The third kappa shape index (κ3) is 4.17. The minimum absolute atomic E-state index is 0.0300. The largest absolute Gasteiger partial charge is 0.316 e. The lowest BCUT2D eigenvalue weighted by Crippen LogP contribution is -2.17. The number of thiophene rings is 1. The molecule has 0 saturated carbocycles. The quantitative estimate of drug-likeness (QED) is 0.595. The predicted octanol–water partition coefficient (Wildman–Crippen LogP) is 4.30. The average Bonchev–Trinajstić information content (AvgIpc) is 2.98. The Balaban J connectivity index is 1.92. The van der Waals surface area contributed by atoms with Crippen molar-refractivity contribution in [3.63, 3.8) is 0 Å². The molecule has 0 saturated heterocycles. The van der Waals surface area contributed by atoms with Crippen LogP contribution in [0, 0.1) is 17.2 Å². The average molecular weight is 385 g/mol. The summed E-state index contributed by atoms with van der Waals surface area (Å²) < 4.78 is 0. The summed E-state index contributed by atoms with van der Waals surface area (Å²) in [6.07, 6.45) is 2.89. The highest BCUT2D eigenvalue weighted by Gasteiger charge is 2.28. The van der Waals surface area contributed by atoms with Crippen LogP contribution in [0.4, 0.5) is 5.00 Å². The van der Waals surface area contributed by atoms with E-state index in [4.69, 9.17) is 5.26 Å². The maximum atomic E-state index is 13.1. The van der Waals surface area contributed by atoms with Gasteiger partial charge in [-0.3, -0.25) is 9.59 Å². The first-order valence-electron chi connectivity index (χ1n) is 8.59. The molecular formula is C20H20N2O2S2. The van der Waals surface area contributed by atoms with Crippen LogP contribution < -0.4 is 5.32 Å². The van der Waals surface area contributed by atoms with E-state index in [1.54, 1.807) is 0 Å².